The third-order valence-electron chi connectivity index (χ3n) is 6.56. The molecule has 4 nitrogen and oxygen atoms in total. The van der Waals surface area contributed by atoms with E-state index in [0.29, 0.717) is 0 Å². The maximum Gasteiger partial charge on any atom is 0.242 e. The summed E-state index contributed by atoms with van der Waals surface area (Å²) in [4.78, 5) is 22.7. The number of benzene rings is 2. The molecular weight excluding hydrogens is 438 g/mol. The Morgan fingerprint density at radius 2 is 1.73 bits per heavy atom. The van der Waals surface area contributed by atoms with Crippen LogP contribution in [0.15, 0.2) is 71.3 Å². The molecule has 0 aliphatic carbocycles. The largest absolute Gasteiger partial charge is 0.297 e. The quantitative estimate of drug-likeness (QED) is 0.526. The zero-order valence-corrected chi connectivity index (χ0v) is 18.6. The fraction of sp³-hybridized carbons (Fsp3) is 0.280. The Bertz CT molecular complexity index is 1090. The maximum absolute atomic E-state index is 13.8. The van der Waals surface area contributed by atoms with E-state index in [4.69, 9.17) is 0 Å². The lowest BCUT2D eigenvalue weighted by molar-refractivity contribution is -0.124. The highest BCUT2D eigenvalue weighted by Crippen LogP contribution is 2.50. The number of halogens is 1. The summed E-state index contributed by atoms with van der Waals surface area (Å²) in [6.45, 7) is 4.74. The molecule has 2 aromatic carbocycles. The van der Waals surface area contributed by atoms with Gasteiger partial charge in [-0.05, 0) is 80.4 Å². The molecule has 0 radical (unpaired) electrons. The number of amides is 1. The Labute approximate surface area is 185 Å². The van der Waals surface area contributed by atoms with Crippen molar-refractivity contribution in [1.29, 1.82) is 0 Å². The summed E-state index contributed by atoms with van der Waals surface area (Å²) in [5.41, 5.74) is 5.05. The van der Waals surface area contributed by atoms with Gasteiger partial charge in [0.05, 0.1) is 16.8 Å². The summed E-state index contributed by atoms with van der Waals surface area (Å²) < 4.78 is 1.01. The fourth-order valence-corrected chi connectivity index (χ4v) is 5.09. The first-order chi connectivity index (χ1) is 14.6. The molecule has 1 aromatic heterocycles. The molecule has 5 heteroatoms. The number of carbonyl (C=O) groups excluding carboxylic acids is 1. The number of likely N-dealkylation sites (tertiary alicyclic amines) is 1. The lowest BCUT2D eigenvalue weighted by Crippen LogP contribution is -2.47. The summed E-state index contributed by atoms with van der Waals surface area (Å²) in [6.07, 6.45) is 3.53. The summed E-state index contributed by atoms with van der Waals surface area (Å²) in [5.74, 6) is 0.208. The van der Waals surface area contributed by atoms with Gasteiger partial charge in [0.2, 0.25) is 5.91 Å². The number of hydrogen-bond acceptors (Lipinski definition) is 3. The first-order valence-electron chi connectivity index (χ1n) is 10.4. The van der Waals surface area contributed by atoms with Crippen molar-refractivity contribution in [2.45, 2.75) is 31.7 Å². The molecule has 0 bridgehead atoms. The minimum atomic E-state index is -0.431. The molecular formula is C25H24BrN3O. The minimum Gasteiger partial charge on any atom is -0.297 e. The second-order valence-corrected chi connectivity index (χ2v) is 9.18. The highest BCUT2D eigenvalue weighted by atomic mass is 79.9. The van der Waals surface area contributed by atoms with Gasteiger partial charge in [-0.15, -0.1) is 0 Å². The molecule has 1 fully saturated rings. The molecule has 5 rings (SSSR count). The zero-order chi connectivity index (χ0) is 20.7. The van der Waals surface area contributed by atoms with Crippen molar-refractivity contribution in [3.63, 3.8) is 0 Å². The van der Waals surface area contributed by atoms with Crippen LogP contribution >= 0.6 is 15.9 Å². The van der Waals surface area contributed by atoms with Crippen molar-refractivity contribution in [3.05, 3.63) is 88.2 Å². The van der Waals surface area contributed by atoms with Gasteiger partial charge in [-0.2, -0.15) is 0 Å². The predicted octanol–water partition coefficient (Wildman–Crippen LogP) is 5.36. The molecule has 0 N–H and O–H groups in total. The molecule has 3 heterocycles. The third kappa shape index (κ3) is 3.17. The minimum absolute atomic E-state index is 0.208. The van der Waals surface area contributed by atoms with E-state index in [0.717, 1.165) is 54.0 Å². The number of anilines is 2. The van der Waals surface area contributed by atoms with Crippen LogP contribution in [0.2, 0.25) is 0 Å². The number of hydrogen-bond donors (Lipinski definition) is 0. The zero-order valence-electron chi connectivity index (χ0n) is 17.0. The average molecular weight is 462 g/mol. The maximum atomic E-state index is 13.8. The van der Waals surface area contributed by atoms with Crippen LogP contribution in [-0.4, -0.2) is 28.9 Å². The SMILES string of the molecule is Cc1cccnc1CN1CCC2(CC1)C(=O)N(c1ccc(Br)cc1)c1ccccc12. The van der Waals surface area contributed by atoms with Crippen LogP contribution in [0.3, 0.4) is 0 Å². The molecule has 30 heavy (non-hydrogen) atoms. The molecule has 1 amide bonds. The highest BCUT2D eigenvalue weighted by Gasteiger charge is 2.52. The molecule has 2 aliphatic rings. The Balaban J connectivity index is 1.43. The molecule has 152 valence electrons. The van der Waals surface area contributed by atoms with Crippen molar-refractivity contribution in [2.75, 3.05) is 18.0 Å². The van der Waals surface area contributed by atoms with E-state index in [-0.39, 0.29) is 5.91 Å². The number of pyridine rings is 1. The van der Waals surface area contributed by atoms with Crippen molar-refractivity contribution >= 4 is 33.2 Å². The Kier molecular flexibility index (Phi) is 4.95. The molecule has 1 saturated heterocycles. The standard InChI is InChI=1S/C25H24BrN3O/c1-18-5-4-14-27-22(18)17-28-15-12-25(13-16-28)21-6-2-3-7-23(21)29(24(25)30)20-10-8-19(26)9-11-20/h2-11,14H,12-13,15-17H2,1H3. The smallest absolute Gasteiger partial charge is 0.242 e. The van der Waals surface area contributed by atoms with Crippen molar-refractivity contribution < 1.29 is 4.79 Å². The molecule has 1 spiro atoms. The van der Waals surface area contributed by atoms with E-state index in [1.54, 1.807) is 0 Å². The topological polar surface area (TPSA) is 36.4 Å². The van der Waals surface area contributed by atoms with Crippen molar-refractivity contribution in [1.82, 2.24) is 9.88 Å². The fourth-order valence-electron chi connectivity index (χ4n) is 4.83. The molecule has 0 atom stereocenters. The number of piperidine rings is 1. The van der Waals surface area contributed by atoms with Crippen LogP contribution in [0.1, 0.15) is 29.7 Å². The number of aromatic nitrogens is 1. The summed E-state index contributed by atoms with van der Waals surface area (Å²) >= 11 is 3.50. The van der Waals surface area contributed by atoms with E-state index in [1.807, 2.05) is 47.5 Å². The normalized spacial score (nSPS) is 18.1. The van der Waals surface area contributed by atoms with Gasteiger partial charge < -0.3 is 0 Å². The van der Waals surface area contributed by atoms with Gasteiger partial charge in [-0.25, -0.2) is 0 Å². The van der Waals surface area contributed by atoms with Crippen LogP contribution < -0.4 is 4.90 Å². The van der Waals surface area contributed by atoms with Gasteiger partial charge in [-0.1, -0.05) is 40.2 Å². The van der Waals surface area contributed by atoms with Crippen molar-refractivity contribution in [3.8, 4) is 0 Å². The number of para-hydroxylation sites is 1. The Morgan fingerprint density at radius 3 is 2.47 bits per heavy atom. The van der Waals surface area contributed by atoms with Gasteiger partial charge >= 0.3 is 0 Å². The number of nitrogens with zero attached hydrogens (tertiary/aromatic N) is 3. The van der Waals surface area contributed by atoms with Crippen LogP contribution in [0, 0.1) is 6.92 Å². The van der Waals surface area contributed by atoms with E-state index in [1.165, 1.54) is 11.1 Å². The van der Waals surface area contributed by atoms with E-state index in [9.17, 15) is 4.79 Å². The van der Waals surface area contributed by atoms with Gasteiger partial charge in [-0.3, -0.25) is 19.6 Å². The van der Waals surface area contributed by atoms with E-state index >= 15 is 0 Å². The van der Waals surface area contributed by atoms with Gasteiger partial charge in [0, 0.05) is 22.9 Å². The van der Waals surface area contributed by atoms with Gasteiger partial charge in [0.15, 0.2) is 0 Å². The van der Waals surface area contributed by atoms with Crippen LogP contribution in [0.5, 0.6) is 0 Å². The van der Waals surface area contributed by atoms with E-state index in [2.05, 4.69) is 57.0 Å². The molecule has 2 aliphatic heterocycles. The average Bonchev–Trinajstić information content (AvgIpc) is 3.00. The number of carbonyl (C=O) groups is 1. The Hall–Kier alpha value is -2.50. The van der Waals surface area contributed by atoms with Crippen LogP contribution in [0.4, 0.5) is 11.4 Å². The monoisotopic (exact) mass is 461 g/mol. The summed E-state index contributed by atoms with van der Waals surface area (Å²) in [5, 5.41) is 0. The third-order valence-corrected chi connectivity index (χ3v) is 7.09. The molecule has 0 unspecified atom stereocenters. The number of fused-ring (bicyclic) bond motifs is 2. The van der Waals surface area contributed by atoms with E-state index < -0.39 is 5.41 Å². The van der Waals surface area contributed by atoms with Crippen LogP contribution in [0.25, 0.3) is 0 Å². The predicted molar refractivity (Wildman–Crippen MR) is 123 cm³/mol. The molecule has 0 saturated carbocycles. The lowest BCUT2D eigenvalue weighted by Gasteiger charge is -2.38. The first-order valence-corrected chi connectivity index (χ1v) is 11.2. The second kappa shape index (κ2) is 7.64. The Morgan fingerprint density at radius 1 is 1.00 bits per heavy atom. The lowest BCUT2D eigenvalue weighted by atomic mass is 9.73. The number of rotatable bonds is 3. The summed E-state index contributed by atoms with van der Waals surface area (Å²) in [6, 6.07) is 20.4. The first kappa shape index (κ1) is 19.5. The highest BCUT2D eigenvalue weighted by molar-refractivity contribution is 9.10. The van der Waals surface area contributed by atoms with Crippen LogP contribution in [-0.2, 0) is 16.8 Å². The van der Waals surface area contributed by atoms with Gasteiger partial charge in [0.1, 0.15) is 0 Å². The van der Waals surface area contributed by atoms with Gasteiger partial charge in [0.25, 0.3) is 0 Å². The van der Waals surface area contributed by atoms with Crippen molar-refractivity contribution in [2.24, 2.45) is 0 Å². The summed E-state index contributed by atoms with van der Waals surface area (Å²) in [7, 11) is 0. The second-order valence-electron chi connectivity index (χ2n) is 8.26. The number of aryl methyl sites for hydroxylation is 1. The molecule has 3 aromatic rings.